The lowest BCUT2D eigenvalue weighted by Crippen LogP contribution is -2.43. The largest absolute Gasteiger partial charge is 0.489 e. The topological polar surface area (TPSA) is 9.23 Å². The zero-order valence-electron chi connectivity index (χ0n) is 7.34. The van der Waals surface area contributed by atoms with Crippen LogP contribution in [0.4, 0.5) is 8.78 Å². The van der Waals surface area contributed by atoms with Crippen LogP contribution >= 0.6 is 22.6 Å². The van der Waals surface area contributed by atoms with E-state index in [1.165, 1.54) is 0 Å². The average Bonchev–Trinajstić information content (AvgIpc) is 2.05. The third-order valence-corrected chi connectivity index (χ3v) is 3.07. The minimum Gasteiger partial charge on any atom is -0.489 e. The molecular weight excluding hydrogens is 301 g/mol. The summed E-state index contributed by atoms with van der Waals surface area (Å²) >= 11 is 2.13. The molecule has 0 aromatic heterocycles. The maximum atomic E-state index is 12.5. The average molecular weight is 310 g/mol. The Hall–Kier alpha value is -0.390. The molecule has 0 aliphatic heterocycles. The van der Waals surface area contributed by atoms with Gasteiger partial charge in [-0.25, -0.2) is 8.78 Å². The number of halogens is 3. The van der Waals surface area contributed by atoms with Crippen molar-refractivity contribution in [1.82, 2.24) is 0 Å². The summed E-state index contributed by atoms with van der Waals surface area (Å²) < 4.78 is 31.4. The maximum Gasteiger partial charge on any atom is 0.255 e. The van der Waals surface area contributed by atoms with Gasteiger partial charge in [-0.3, -0.25) is 0 Å². The van der Waals surface area contributed by atoms with Gasteiger partial charge in [-0.05, 0) is 34.7 Å². The van der Waals surface area contributed by atoms with Crippen LogP contribution in [0.15, 0.2) is 24.3 Å². The van der Waals surface area contributed by atoms with Crippen molar-refractivity contribution in [2.75, 3.05) is 0 Å². The first-order valence-corrected chi connectivity index (χ1v) is 5.44. The molecule has 0 bridgehead atoms. The molecule has 14 heavy (non-hydrogen) atoms. The molecule has 0 amide bonds. The van der Waals surface area contributed by atoms with Crippen molar-refractivity contribution in [3.8, 4) is 5.75 Å². The first kappa shape index (κ1) is 10.1. The van der Waals surface area contributed by atoms with E-state index in [4.69, 9.17) is 4.74 Å². The second kappa shape index (κ2) is 3.64. The molecule has 0 saturated heterocycles. The monoisotopic (exact) mass is 310 g/mol. The summed E-state index contributed by atoms with van der Waals surface area (Å²) in [5.41, 5.74) is 0. The van der Waals surface area contributed by atoms with E-state index in [2.05, 4.69) is 22.6 Å². The van der Waals surface area contributed by atoms with Crippen molar-refractivity contribution in [2.45, 2.75) is 24.9 Å². The Morgan fingerprint density at radius 3 is 2.50 bits per heavy atom. The van der Waals surface area contributed by atoms with Gasteiger partial charge in [0.1, 0.15) is 11.9 Å². The van der Waals surface area contributed by atoms with Crippen molar-refractivity contribution < 1.29 is 13.5 Å². The molecule has 1 nitrogen and oxygen atoms in total. The Morgan fingerprint density at radius 1 is 1.29 bits per heavy atom. The van der Waals surface area contributed by atoms with E-state index >= 15 is 0 Å². The molecule has 4 heteroatoms. The van der Waals surface area contributed by atoms with Crippen molar-refractivity contribution in [2.24, 2.45) is 0 Å². The predicted molar refractivity (Wildman–Crippen MR) is 57.8 cm³/mol. The van der Waals surface area contributed by atoms with Crippen molar-refractivity contribution in [1.29, 1.82) is 0 Å². The summed E-state index contributed by atoms with van der Waals surface area (Å²) in [6.45, 7) is 0. The van der Waals surface area contributed by atoms with Gasteiger partial charge in [0, 0.05) is 12.8 Å². The number of rotatable bonds is 2. The van der Waals surface area contributed by atoms with E-state index in [-0.39, 0.29) is 18.9 Å². The lowest BCUT2D eigenvalue weighted by Gasteiger charge is -2.35. The first-order chi connectivity index (χ1) is 6.57. The highest BCUT2D eigenvalue weighted by atomic mass is 127. The molecule has 1 aromatic carbocycles. The highest BCUT2D eigenvalue weighted by Crippen LogP contribution is 2.40. The van der Waals surface area contributed by atoms with Crippen molar-refractivity contribution in [3.63, 3.8) is 0 Å². The minimum absolute atomic E-state index is 0.155. The van der Waals surface area contributed by atoms with Crippen LogP contribution < -0.4 is 4.74 Å². The first-order valence-electron chi connectivity index (χ1n) is 4.36. The number of hydrogen-bond donors (Lipinski definition) is 0. The van der Waals surface area contributed by atoms with Gasteiger partial charge in [-0.2, -0.15) is 0 Å². The van der Waals surface area contributed by atoms with Crippen molar-refractivity contribution in [3.05, 3.63) is 27.8 Å². The second-order valence-electron chi connectivity index (χ2n) is 3.43. The van der Waals surface area contributed by atoms with Gasteiger partial charge in [0.25, 0.3) is 5.92 Å². The Kier molecular flexibility index (Phi) is 2.64. The fourth-order valence-electron chi connectivity index (χ4n) is 1.41. The Morgan fingerprint density at radius 2 is 1.93 bits per heavy atom. The summed E-state index contributed by atoms with van der Waals surface area (Å²) in [4.78, 5) is 0. The zero-order valence-corrected chi connectivity index (χ0v) is 9.50. The summed E-state index contributed by atoms with van der Waals surface area (Å²) in [5.74, 6) is -1.81. The van der Waals surface area contributed by atoms with Crippen LogP contribution in [0.5, 0.6) is 5.75 Å². The molecule has 0 atom stereocenters. The molecule has 1 aromatic rings. The smallest absolute Gasteiger partial charge is 0.255 e. The molecule has 0 unspecified atom stereocenters. The van der Waals surface area contributed by atoms with Crippen LogP contribution in [0.2, 0.25) is 0 Å². The molecular formula is C10H9F2IO. The number of alkyl halides is 2. The molecule has 76 valence electrons. The zero-order chi connectivity index (χ0) is 10.2. The Balaban J connectivity index is 1.97. The standard InChI is InChI=1S/C10H9F2IO/c11-10(12)5-7(6-10)14-9-4-2-1-3-8(9)13/h1-4,7H,5-6H2. The van der Waals surface area contributed by atoms with E-state index in [0.29, 0.717) is 5.75 Å². The van der Waals surface area contributed by atoms with Crippen LogP contribution in [-0.2, 0) is 0 Å². The number of benzene rings is 1. The summed E-state index contributed by atoms with van der Waals surface area (Å²) in [7, 11) is 0. The lowest BCUT2D eigenvalue weighted by molar-refractivity contribution is -0.134. The summed E-state index contributed by atoms with van der Waals surface area (Å²) in [5, 5.41) is 0. The molecule has 1 aliphatic carbocycles. The van der Waals surface area contributed by atoms with Gasteiger partial charge in [0.05, 0.1) is 3.57 Å². The second-order valence-corrected chi connectivity index (χ2v) is 4.60. The van der Waals surface area contributed by atoms with Crippen LogP contribution in [0.3, 0.4) is 0 Å². The van der Waals surface area contributed by atoms with Crippen LogP contribution in [0.25, 0.3) is 0 Å². The molecule has 1 saturated carbocycles. The lowest BCUT2D eigenvalue weighted by atomic mass is 9.91. The molecule has 1 aliphatic rings. The predicted octanol–water partition coefficient (Wildman–Crippen LogP) is 3.47. The quantitative estimate of drug-likeness (QED) is 0.760. The van der Waals surface area contributed by atoms with Gasteiger partial charge >= 0.3 is 0 Å². The summed E-state index contributed by atoms with van der Waals surface area (Å²) in [6, 6.07) is 7.43. The maximum absolute atomic E-state index is 12.5. The number of ether oxygens (including phenoxy) is 1. The Labute approximate surface area is 94.6 Å². The van der Waals surface area contributed by atoms with E-state index in [9.17, 15) is 8.78 Å². The van der Waals surface area contributed by atoms with Gasteiger partial charge in [0.2, 0.25) is 0 Å². The van der Waals surface area contributed by atoms with Crippen LogP contribution in [0, 0.1) is 3.57 Å². The number of hydrogen-bond acceptors (Lipinski definition) is 1. The highest BCUT2D eigenvalue weighted by molar-refractivity contribution is 14.1. The third-order valence-electron chi connectivity index (χ3n) is 2.18. The van der Waals surface area contributed by atoms with E-state index in [1.54, 1.807) is 6.07 Å². The molecule has 1 fully saturated rings. The molecule has 0 N–H and O–H groups in total. The van der Waals surface area contributed by atoms with Gasteiger partial charge in [0.15, 0.2) is 0 Å². The fraction of sp³-hybridized carbons (Fsp3) is 0.400. The van der Waals surface area contributed by atoms with E-state index < -0.39 is 5.92 Å². The van der Waals surface area contributed by atoms with Gasteiger partial charge in [-0.1, -0.05) is 12.1 Å². The third kappa shape index (κ3) is 2.16. The Bertz CT molecular complexity index is 333. The fourth-order valence-corrected chi connectivity index (χ4v) is 1.92. The molecule has 0 radical (unpaired) electrons. The van der Waals surface area contributed by atoms with Crippen LogP contribution in [-0.4, -0.2) is 12.0 Å². The SMILES string of the molecule is FC1(F)CC(Oc2ccccc2I)C1. The van der Waals surface area contributed by atoms with Gasteiger partial charge in [-0.15, -0.1) is 0 Å². The minimum atomic E-state index is -2.51. The number of para-hydroxylation sites is 1. The van der Waals surface area contributed by atoms with Gasteiger partial charge < -0.3 is 4.74 Å². The normalized spacial score (nSPS) is 20.2. The van der Waals surface area contributed by atoms with E-state index in [0.717, 1.165) is 3.57 Å². The molecule has 2 rings (SSSR count). The molecule has 0 heterocycles. The van der Waals surface area contributed by atoms with Crippen LogP contribution in [0.1, 0.15) is 12.8 Å². The summed E-state index contributed by atoms with van der Waals surface area (Å²) in [6.07, 6.45) is -0.628. The van der Waals surface area contributed by atoms with Crippen molar-refractivity contribution >= 4 is 22.6 Å². The highest BCUT2D eigenvalue weighted by Gasteiger charge is 2.47. The molecule has 0 spiro atoms. The van der Waals surface area contributed by atoms with E-state index in [1.807, 2.05) is 18.2 Å².